The van der Waals surface area contributed by atoms with E-state index in [0.29, 0.717) is 6.54 Å². The van der Waals surface area contributed by atoms with Gasteiger partial charge in [-0.25, -0.2) is 0 Å². The van der Waals surface area contributed by atoms with Crippen molar-refractivity contribution in [2.24, 2.45) is 0 Å². The van der Waals surface area contributed by atoms with Crippen LogP contribution in [0.25, 0.3) is 0 Å². The van der Waals surface area contributed by atoms with E-state index in [1.54, 1.807) is 0 Å². The molecule has 1 rings (SSSR count). The van der Waals surface area contributed by atoms with Gasteiger partial charge in [-0.3, -0.25) is 5.10 Å². The second-order valence-electron chi connectivity index (χ2n) is 2.64. The predicted octanol–water partition coefficient (Wildman–Crippen LogP) is 0.0540. The molecule has 0 aliphatic heterocycles. The summed E-state index contributed by atoms with van der Waals surface area (Å²) in [5.41, 5.74) is 2.15. The van der Waals surface area contributed by atoms with E-state index in [4.69, 9.17) is 5.11 Å². The fourth-order valence-corrected chi connectivity index (χ4v) is 0.983. The smallest absolute Gasteiger partial charge is 0.0622 e. The molecule has 0 fully saturated rings. The van der Waals surface area contributed by atoms with Gasteiger partial charge in [0.2, 0.25) is 0 Å². The van der Waals surface area contributed by atoms with Gasteiger partial charge in [0.05, 0.1) is 12.3 Å². The zero-order valence-corrected chi connectivity index (χ0v) is 7.30. The van der Waals surface area contributed by atoms with Gasteiger partial charge in [-0.05, 0) is 12.5 Å². The number of hydrogen-bond acceptors (Lipinski definition) is 3. The Balaban J connectivity index is 2.31. The van der Waals surface area contributed by atoms with Crippen molar-refractivity contribution in [2.75, 3.05) is 13.2 Å². The van der Waals surface area contributed by atoms with Gasteiger partial charge in [-0.2, -0.15) is 5.10 Å². The number of H-pyrrole nitrogens is 1. The third kappa shape index (κ3) is 2.64. The van der Waals surface area contributed by atoms with Gasteiger partial charge in [0.1, 0.15) is 0 Å². The molecule has 0 spiro atoms. The number of aryl methyl sites for hydroxylation is 1. The number of aromatic nitrogens is 2. The van der Waals surface area contributed by atoms with Gasteiger partial charge in [0.25, 0.3) is 0 Å². The Morgan fingerprint density at radius 1 is 1.67 bits per heavy atom. The van der Waals surface area contributed by atoms with Crippen LogP contribution in [0, 0.1) is 0 Å². The van der Waals surface area contributed by atoms with Crippen LogP contribution in [0.15, 0.2) is 6.07 Å². The molecule has 0 saturated heterocycles. The number of nitrogens with zero attached hydrogens (tertiary/aromatic N) is 1. The Morgan fingerprint density at radius 2 is 2.50 bits per heavy atom. The van der Waals surface area contributed by atoms with Crippen LogP contribution < -0.4 is 5.32 Å². The molecule has 0 unspecified atom stereocenters. The van der Waals surface area contributed by atoms with Crippen LogP contribution in [0.4, 0.5) is 0 Å². The minimum absolute atomic E-state index is 0.175. The van der Waals surface area contributed by atoms with E-state index < -0.39 is 0 Å². The van der Waals surface area contributed by atoms with E-state index in [-0.39, 0.29) is 6.61 Å². The predicted molar refractivity (Wildman–Crippen MR) is 46.8 cm³/mol. The molecule has 0 atom stereocenters. The molecule has 0 amide bonds. The van der Waals surface area contributed by atoms with Crippen molar-refractivity contribution in [3.8, 4) is 0 Å². The zero-order valence-electron chi connectivity index (χ0n) is 7.30. The molecule has 1 aromatic heterocycles. The number of aromatic amines is 1. The molecule has 68 valence electrons. The largest absolute Gasteiger partial charge is 0.395 e. The molecule has 0 bridgehead atoms. The molecule has 4 heteroatoms. The highest BCUT2D eigenvalue weighted by atomic mass is 16.3. The first kappa shape index (κ1) is 9.22. The molecule has 0 aliphatic rings. The third-order valence-electron chi connectivity index (χ3n) is 1.65. The summed E-state index contributed by atoms with van der Waals surface area (Å²) in [5, 5.41) is 18.6. The van der Waals surface area contributed by atoms with Crippen molar-refractivity contribution < 1.29 is 5.11 Å². The SMILES string of the molecule is CCc1cc(CNCCO)[nH]n1. The highest BCUT2D eigenvalue weighted by Crippen LogP contribution is 1.98. The highest BCUT2D eigenvalue weighted by molar-refractivity contribution is 5.07. The van der Waals surface area contributed by atoms with Crippen LogP contribution in [0.1, 0.15) is 18.3 Å². The standard InChI is InChI=1S/C8H15N3O/c1-2-7-5-8(11-10-7)6-9-3-4-12/h5,9,12H,2-4,6H2,1H3,(H,10,11). The molecule has 1 heterocycles. The van der Waals surface area contributed by atoms with E-state index in [9.17, 15) is 0 Å². The number of aliphatic hydroxyl groups excluding tert-OH is 1. The number of aliphatic hydroxyl groups is 1. The summed E-state index contributed by atoms with van der Waals surface area (Å²) >= 11 is 0. The lowest BCUT2D eigenvalue weighted by Gasteiger charge is -1.97. The van der Waals surface area contributed by atoms with Gasteiger partial charge in [-0.1, -0.05) is 6.92 Å². The van der Waals surface area contributed by atoms with E-state index in [0.717, 1.165) is 24.4 Å². The maximum absolute atomic E-state index is 8.51. The monoisotopic (exact) mass is 169 g/mol. The summed E-state index contributed by atoms with van der Waals surface area (Å²) in [7, 11) is 0. The first-order valence-corrected chi connectivity index (χ1v) is 4.21. The average molecular weight is 169 g/mol. The van der Waals surface area contributed by atoms with Crippen LogP contribution in [0.2, 0.25) is 0 Å². The molecule has 3 N–H and O–H groups in total. The average Bonchev–Trinajstić information content (AvgIpc) is 2.53. The molecule has 0 saturated carbocycles. The molecule has 12 heavy (non-hydrogen) atoms. The summed E-state index contributed by atoms with van der Waals surface area (Å²) < 4.78 is 0. The van der Waals surface area contributed by atoms with Crippen molar-refractivity contribution in [3.63, 3.8) is 0 Å². The van der Waals surface area contributed by atoms with E-state index in [2.05, 4.69) is 22.4 Å². The quantitative estimate of drug-likeness (QED) is 0.546. The van der Waals surface area contributed by atoms with Gasteiger partial charge in [0, 0.05) is 18.8 Å². The fraction of sp³-hybridized carbons (Fsp3) is 0.625. The fourth-order valence-electron chi connectivity index (χ4n) is 0.983. The summed E-state index contributed by atoms with van der Waals surface area (Å²) in [5.74, 6) is 0. The van der Waals surface area contributed by atoms with E-state index in [1.807, 2.05) is 6.07 Å². The Labute approximate surface area is 72.0 Å². The lowest BCUT2D eigenvalue weighted by Crippen LogP contribution is -2.17. The van der Waals surface area contributed by atoms with Crippen LogP contribution in [-0.4, -0.2) is 28.5 Å². The lowest BCUT2D eigenvalue weighted by molar-refractivity contribution is 0.291. The van der Waals surface area contributed by atoms with Gasteiger partial charge >= 0.3 is 0 Å². The molecule has 0 aromatic carbocycles. The molecule has 0 aliphatic carbocycles. The molecular weight excluding hydrogens is 154 g/mol. The van der Waals surface area contributed by atoms with Gasteiger partial charge in [-0.15, -0.1) is 0 Å². The topological polar surface area (TPSA) is 60.9 Å². The van der Waals surface area contributed by atoms with Crippen molar-refractivity contribution in [3.05, 3.63) is 17.5 Å². The highest BCUT2D eigenvalue weighted by Gasteiger charge is 1.97. The van der Waals surface area contributed by atoms with Crippen molar-refractivity contribution in [2.45, 2.75) is 19.9 Å². The maximum Gasteiger partial charge on any atom is 0.0622 e. The summed E-state index contributed by atoms with van der Waals surface area (Å²) in [6.07, 6.45) is 0.955. The minimum Gasteiger partial charge on any atom is -0.395 e. The van der Waals surface area contributed by atoms with Crippen LogP contribution in [0.3, 0.4) is 0 Å². The second kappa shape index (κ2) is 4.90. The minimum atomic E-state index is 0.175. The second-order valence-corrected chi connectivity index (χ2v) is 2.64. The number of nitrogens with one attached hydrogen (secondary N) is 2. The molecule has 4 nitrogen and oxygen atoms in total. The Hall–Kier alpha value is -0.870. The molecular formula is C8H15N3O. The first-order chi connectivity index (χ1) is 5.86. The Bertz CT molecular complexity index is 222. The van der Waals surface area contributed by atoms with Crippen LogP contribution in [0.5, 0.6) is 0 Å². The Kier molecular flexibility index (Phi) is 3.76. The number of rotatable bonds is 5. The van der Waals surface area contributed by atoms with Gasteiger partial charge < -0.3 is 10.4 Å². The van der Waals surface area contributed by atoms with Crippen molar-refractivity contribution in [1.82, 2.24) is 15.5 Å². The van der Waals surface area contributed by atoms with Crippen molar-refractivity contribution >= 4 is 0 Å². The Morgan fingerprint density at radius 3 is 3.08 bits per heavy atom. The molecule has 1 aromatic rings. The zero-order chi connectivity index (χ0) is 8.81. The first-order valence-electron chi connectivity index (χ1n) is 4.21. The van der Waals surface area contributed by atoms with Gasteiger partial charge in [0.15, 0.2) is 0 Å². The lowest BCUT2D eigenvalue weighted by atomic mass is 10.3. The molecule has 0 radical (unpaired) electrons. The third-order valence-corrected chi connectivity index (χ3v) is 1.65. The van der Waals surface area contributed by atoms with Crippen molar-refractivity contribution in [1.29, 1.82) is 0 Å². The van der Waals surface area contributed by atoms with Crippen LogP contribution in [-0.2, 0) is 13.0 Å². The maximum atomic E-state index is 8.51. The summed E-state index contributed by atoms with van der Waals surface area (Å²) in [4.78, 5) is 0. The van der Waals surface area contributed by atoms with E-state index >= 15 is 0 Å². The number of hydrogen-bond donors (Lipinski definition) is 3. The van der Waals surface area contributed by atoms with Crippen LogP contribution >= 0.6 is 0 Å². The normalized spacial score (nSPS) is 10.5. The summed E-state index contributed by atoms with van der Waals surface area (Å²) in [6, 6.07) is 2.03. The summed E-state index contributed by atoms with van der Waals surface area (Å²) in [6.45, 7) is 3.61. The van der Waals surface area contributed by atoms with E-state index in [1.165, 1.54) is 0 Å².